The van der Waals surface area contributed by atoms with Crippen LogP contribution in [0, 0.1) is 5.92 Å². The Kier molecular flexibility index (Phi) is 10.2. The number of amides is 1. The van der Waals surface area contributed by atoms with Crippen LogP contribution >= 0.6 is 0 Å². The summed E-state index contributed by atoms with van der Waals surface area (Å²) in [5.41, 5.74) is 5.55. The molecule has 0 rings (SSSR count). The fourth-order valence-electron chi connectivity index (χ4n) is 1.92. The smallest absolute Gasteiger partial charge is 0.220 e. The largest absolute Gasteiger partial charge is 0.393 e. The summed E-state index contributed by atoms with van der Waals surface area (Å²) in [5, 5.41) is 11.9. The molecule has 4 heteroatoms. The van der Waals surface area contributed by atoms with E-state index < -0.39 is 0 Å². The SMILES string of the molecule is CCCC(CCN)CCC(=O)NCCC(C)O. The molecule has 2 unspecified atom stereocenters. The molecule has 102 valence electrons. The van der Waals surface area contributed by atoms with Crippen LogP contribution in [0.5, 0.6) is 0 Å². The van der Waals surface area contributed by atoms with E-state index in [0.717, 1.165) is 25.7 Å². The third kappa shape index (κ3) is 10.3. The number of carbonyl (C=O) groups excluding carboxylic acids is 1. The van der Waals surface area contributed by atoms with Crippen LogP contribution in [0.15, 0.2) is 0 Å². The van der Waals surface area contributed by atoms with E-state index in [1.807, 2.05) is 0 Å². The molecule has 0 spiro atoms. The number of hydrogen-bond donors (Lipinski definition) is 3. The van der Waals surface area contributed by atoms with E-state index in [1.165, 1.54) is 0 Å². The predicted molar refractivity (Wildman–Crippen MR) is 70.6 cm³/mol. The Morgan fingerprint density at radius 1 is 1.29 bits per heavy atom. The minimum atomic E-state index is -0.347. The Morgan fingerprint density at radius 2 is 2.00 bits per heavy atom. The second-order valence-corrected chi connectivity index (χ2v) is 4.76. The van der Waals surface area contributed by atoms with Gasteiger partial charge in [-0.2, -0.15) is 0 Å². The highest BCUT2D eigenvalue weighted by molar-refractivity contribution is 5.75. The Bertz CT molecular complexity index is 190. The van der Waals surface area contributed by atoms with E-state index in [1.54, 1.807) is 6.92 Å². The highest BCUT2D eigenvalue weighted by Gasteiger charge is 2.09. The van der Waals surface area contributed by atoms with Gasteiger partial charge in [-0.05, 0) is 38.6 Å². The molecule has 0 aliphatic carbocycles. The van der Waals surface area contributed by atoms with Crippen molar-refractivity contribution in [2.45, 2.75) is 58.5 Å². The Morgan fingerprint density at radius 3 is 2.53 bits per heavy atom. The van der Waals surface area contributed by atoms with Crippen LogP contribution < -0.4 is 11.1 Å². The number of nitrogens with one attached hydrogen (secondary N) is 1. The van der Waals surface area contributed by atoms with E-state index in [9.17, 15) is 4.79 Å². The zero-order valence-corrected chi connectivity index (χ0v) is 11.2. The molecule has 17 heavy (non-hydrogen) atoms. The van der Waals surface area contributed by atoms with Crippen LogP contribution in [0.4, 0.5) is 0 Å². The van der Waals surface area contributed by atoms with Gasteiger partial charge < -0.3 is 16.2 Å². The lowest BCUT2D eigenvalue weighted by Gasteiger charge is -2.14. The molecule has 0 saturated carbocycles. The van der Waals surface area contributed by atoms with Crippen molar-refractivity contribution in [1.29, 1.82) is 0 Å². The predicted octanol–water partition coefficient (Wildman–Crippen LogP) is 1.42. The Labute approximate surface area is 105 Å². The van der Waals surface area contributed by atoms with Gasteiger partial charge in [-0.15, -0.1) is 0 Å². The van der Waals surface area contributed by atoms with Crippen LogP contribution in [-0.4, -0.2) is 30.2 Å². The van der Waals surface area contributed by atoms with E-state index in [0.29, 0.717) is 31.8 Å². The van der Waals surface area contributed by atoms with Crippen LogP contribution in [0.2, 0.25) is 0 Å². The molecule has 0 aromatic heterocycles. The lowest BCUT2D eigenvalue weighted by molar-refractivity contribution is -0.121. The third-order valence-corrected chi connectivity index (χ3v) is 2.94. The number of nitrogens with two attached hydrogens (primary N) is 1. The third-order valence-electron chi connectivity index (χ3n) is 2.94. The quantitative estimate of drug-likeness (QED) is 0.544. The standard InChI is InChI=1S/C13H28N2O2/c1-3-4-12(7-9-14)5-6-13(17)15-10-8-11(2)16/h11-12,16H,3-10,14H2,1-2H3,(H,15,17). The molecule has 0 aromatic carbocycles. The average Bonchev–Trinajstić information content (AvgIpc) is 2.26. The van der Waals surface area contributed by atoms with E-state index in [4.69, 9.17) is 10.8 Å². The summed E-state index contributed by atoms with van der Waals surface area (Å²) in [7, 11) is 0. The van der Waals surface area contributed by atoms with Gasteiger partial charge in [-0.1, -0.05) is 19.8 Å². The summed E-state index contributed by atoms with van der Waals surface area (Å²) < 4.78 is 0. The highest BCUT2D eigenvalue weighted by Crippen LogP contribution is 2.16. The summed E-state index contributed by atoms with van der Waals surface area (Å²) in [5.74, 6) is 0.663. The molecule has 4 nitrogen and oxygen atoms in total. The maximum absolute atomic E-state index is 11.5. The average molecular weight is 244 g/mol. The number of carbonyl (C=O) groups is 1. The zero-order chi connectivity index (χ0) is 13.1. The molecular formula is C13H28N2O2. The first kappa shape index (κ1) is 16.4. The minimum Gasteiger partial charge on any atom is -0.393 e. The highest BCUT2D eigenvalue weighted by atomic mass is 16.3. The molecule has 0 radical (unpaired) electrons. The molecule has 1 amide bonds. The van der Waals surface area contributed by atoms with Crippen molar-refractivity contribution in [3.05, 3.63) is 0 Å². The topological polar surface area (TPSA) is 75.4 Å². The normalized spacial score (nSPS) is 14.4. The Balaban J connectivity index is 3.64. The lowest BCUT2D eigenvalue weighted by Crippen LogP contribution is -2.26. The summed E-state index contributed by atoms with van der Waals surface area (Å²) in [6, 6.07) is 0. The van der Waals surface area contributed by atoms with Crippen molar-refractivity contribution < 1.29 is 9.90 Å². The Hall–Kier alpha value is -0.610. The molecule has 0 aromatic rings. The number of hydrogen-bond acceptors (Lipinski definition) is 3. The van der Waals surface area contributed by atoms with Gasteiger partial charge in [0.15, 0.2) is 0 Å². The molecule has 2 atom stereocenters. The van der Waals surface area contributed by atoms with Crippen LogP contribution in [-0.2, 0) is 4.79 Å². The van der Waals surface area contributed by atoms with Gasteiger partial charge in [0.2, 0.25) is 5.91 Å². The first-order valence-electron chi connectivity index (χ1n) is 6.75. The first-order valence-corrected chi connectivity index (χ1v) is 6.75. The van der Waals surface area contributed by atoms with Crippen molar-refractivity contribution >= 4 is 5.91 Å². The van der Waals surface area contributed by atoms with Crippen molar-refractivity contribution in [2.75, 3.05) is 13.1 Å². The minimum absolute atomic E-state index is 0.0868. The molecule has 0 saturated heterocycles. The van der Waals surface area contributed by atoms with Gasteiger partial charge in [-0.3, -0.25) is 4.79 Å². The summed E-state index contributed by atoms with van der Waals surface area (Å²) in [4.78, 5) is 11.5. The zero-order valence-electron chi connectivity index (χ0n) is 11.2. The second-order valence-electron chi connectivity index (χ2n) is 4.76. The van der Waals surface area contributed by atoms with Crippen LogP contribution in [0.1, 0.15) is 52.4 Å². The van der Waals surface area contributed by atoms with E-state index >= 15 is 0 Å². The molecular weight excluding hydrogens is 216 g/mol. The van der Waals surface area contributed by atoms with Crippen LogP contribution in [0.3, 0.4) is 0 Å². The van der Waals surface area contributed by atoms with Crippen LogP contribution in [0.25, 0.3) is 0 Å². The molecule has 0 bridgehead atoms. The fraction of sp³-hybridized carbons (Fsp3) is 0.923. The van der Waals surface area contributed by atoms with Gasteiger partial charge in [0.25, 0.3) is 0 Å². The summed E-state index contributed by atoms with van der Waals surface area (Å²) in [6.07, 6.45) is 5.07. The first-order chi connectivity index (χ1) is 8.10. The summed E-state index contributed by atoms with van der Waals surface area (Å²) in [6.45, 7) is 5.15. The number of aliphatic hydroxyl groups is 1. The van der Waals surface area contributed by atoms with Gasteiger partial charge in [0.05, 0.1) is 6.10 Å². The summed E-state index contributed by atoms with van der Waals surface area (Å²) >= 11 is 0. The molecule has 4 N–H and O–H groups in total. The van der Waals surface area contributed by atoms with Gasteiger partial charge >= 0.3 is 0 Å². The van der Waals surface area contributed by atoms with E-state index in [-0.39, 0.29) is 12.0 Å². The maximum atomic E-state index is 11.5. The van der Waals surface area contributed by atoms with Crippen molar-refractivity contribution in [3.63, 3.8) is 0 Å². The molecule has 0 heterocycles. The van der Waals surface area contributed by atoms with Crippen molar-refractivity contribution in [1.82, 2.24) is 5.32 Å². The molecule has 0 aliphatic rings. The van der Waals surface area contributed by atoms with Crippen molar-refractivity contribution in [2.24, 2.45) is 11.7 Å². The fourth-order valence-corrected chi connectivity index (χ4v) is 1.92. The van der Waals surface area contributed by atoms with Gasteiger partial charge in [0, 0.05) is 13.0 Å². The molecule has 0 fully saturated rings. The van der Waals surface area contributed by atoms with Crippen molar-refractivity contribution in [3.8, 4) is 0 Å². The maximum Gasteiger partial charge on any atom is 0.220 e. The second kappa shape index (κ2) is 10.5. The number of aliphatic hydroxyl groups excluding tert-OH is 1. The monoisotopic (exact) mass is 244 g/mol. The number of rotatable bonds is 10. The molecule has 0 aliphatic heterocycles. The lowest BCUT2D eigenvalue weighted by atomic mass is 9.94. The van der Waals surface area contributed by atoms with Gasteiger partial charge in [0.1, 0.15) is 0 Å². The van der Waals surface area contributed by atoms with Gasteiger partial charge in [-0.25, -0.2) is 0 Å². The van der Waals surface area contributed by atoms with E-state index in [2.05, 4.69) is 12.2 Å².